The quantitative estimate of drug-likeness (QED) is 0.732. The highest BCUT2D eigenvalue weighted by Gasteiger charge is 2.05. The van der Waals surface area contributed by atoms with Crippen LogP contribution in [0.4, 0.5) is 0 Å². The molecule has 1 atom stereocenters. The van der Waals surface area contributed by atoms with E-state index in [1.165, 1.54) is 0 Å². The molecule has 0 aliphatic carbocycles. The number of aryl methyl sites for hydroxylation is 1. The number of nitrogens with two attached hydrogens (primary N) is 1. The Bertz CT molecular complexity index is 450. The van der Waals surface area contributed by atoms with Crippen LogP contribution in [-0.4, -0.2) is 21.3 Å². The summed E-state index contributed by atoms with van der Waals surface area (Å²) >= 11 is 0. The molecule has 0 amide bonds. The Morgan fingerprint density at radius 3 is 3.07 bits per heavy atom. The van der Waals surface area contributed by atoms with Gasteiger partial charge in [0.05, 0.1) is 23.9 Å². The summed E-state index contributed by atoms with van der Waals surface area (Å²) in [5, 5.41) is 13.2. The Morgan fingerprint density at radius 1 is 1.57 bits per heavy atom. The Morgan fingerprint density at radius 2 is 2.36 bits per heavy atom. The van der Waals surface area contributed by atoms with Gasteiger partial charge in [0.25, 0.3) is 0 Å². The number of aromatic nitrogens is 2. The predicted octanol–water partition coefficient (Wildman–Crippen LogP) is 0.635. The molecule has 0 bridgehead atoms. The van der Waals surface area contributed by atoms with Gasteiger partial charge in [0.15, 0.2) is 0 Å². The smallest absolute Gasteiger partial charge is 0.0667 e. The lowest BCUT2D eigenvalue weighted by Crippen LogP contribution is -2.14. The minimum absolute atomic E-state index is 0.0384. The molecule has 2 heterocycles. The van der Waals surface area contributed by atoms with Crippen molar-refractivity contribution in [2.24, 2.45) is 5.73 Å². The van der Waals surface area contributed by atoms with E-state index in [-0.39, 0.29) is 12.6 Å². The van der Waals surface area contributed by atoms with Crippen molar-refractivity contribution < 1.29 is 5.11 Å². The summed E-state index contributed by atoms with van der Waals surface area (Å²) < 4.78 is 1.79. The summed E-state index contributed by atoms with van der Waals surface area (Å²) in [4.78, 5) is 0. The van der Waals surface area contributed by atoms with E-state index in [0.29, 0.717) is 0 Å². The Kier molecular flexibility index (Phi) is 2.23. The molecule has 0 fully saturated rings. The number of pyridine rings is 1. The molecule has 2 rings (SSSR count). The van der Waals surface area contributed by atoms with Gasteiger partial charge in [-0.1, -0.05) is 0 Å². The van der Waals surface area contributed by atoms with Crippen LogP contribution in [0.2, 0.25) is 0 Å². The first-order valence-corrected chi connectivity index (χ1v) is 4.53. The molecular formula is C10H13N3O. The van der Waals surface area contributed by atoms with Gasteiger partial charge in [-0.3, -0.25) is 0 Å². The average Bonchev–Trinajstić information content (AvgIpc) is 2.55. The van der Waals surface area contributed by atoms with Crippen LogP contribution in [0.3, 0.4) is 0 Å². The fourth-order valence-corrected chi connectivity index (χ4v) is 1.48. The topological polar surface area (TPSA) is 63.5 Å². The highest BCUT2D eigenvalue weighted by molar-refractivity contribution is 5.49. The van der Waals surface area contributed by atoms with Gasteiger partial charge in [0.2, 0.25) is 0 Å². The second-order valence-electron chi connectivity index (χ2n) is 3.40. The number of fused-ring (bicyclic) bond motifs is 1. The molecule has 0 aromatic carbocycles. The molecule has 74 valence electrons. The minimum atomic E-state index is -0.310. The molecule has 0 radical (unpaired) electrons. The van der Waals surface area contributed by atoms with E-state index in [1.807, 2.05) is 31.3 Å². The zero-order chi connectivity index (χ0) is 10.1. The fraction of sp³-hybridized carbons (Fsp3) is 0.300. The van der Waals surface area contributed by atoms with Crippen molar-refractivity contribution in [3.63, 3.8) is 0 Å². The van der Waals surface area contributed by atoms with Crippen molar-refractivity contribution >= 4 is 5.52 Å². The number of hydrogen-bond acceptors (Lipinski definition) is 3. The average molecular weight is 191 g/mol. The third-order valence-electron chi connectivity index (χ3n) is 2.23. The summed E-state index contributed by atoms with van der Waals surface area (Å²) in [6.45, 7) is 1.90. The minimum Gasteiger partial charge on any atom is -0.394 e. The monoisotopic (exact) mass is 191 g/mol. The maximum atomic E-state index is 8.92. The summed E-state index contributed by atoms with van der Waals surface area (Å²) in [6, 6.07) is 5.49. The fourth-order valence-electron chi connectivity index (χ4n) is 1.48. The largest absolute Gasteiger partial charge is 0.394 e. The van der Waals surface area contributed by atoms with Crippen molar-refractivity contribution in [1.29, 1.82) is 0 Å². The van der Waals surface area contributed by atoms with Crippen molar-refractivity contribution in [3.05, 3.63) is 35.7 Å². The number of hydrogen-bond donors (Lipinski definition) is 2. The van der Waals surface area contributed by atoms with Gasteiger partial charge in [-0.05, 0) is 30.7 Å². The van der Waals surface area contributed by atoms with Gasteiger partial charge in [0, 0.05) is 6.20 Å². The molecule has 0 aliphatic rings. The van der Waals surface area contributed by atoms with Crippen LogP contribution >= 0.6 is 0 Å². The predicted molar refractivity (Wildman–Crippen MR) is 53.9 cm³/mol. The van der Waals surface area contributed by atoms with Crippen LogP contribution in [-0.2, 0) is 0 Å². The lowest BCUT2D eigenvalue weighted by Gasteiger charge is -2.07. The zero-order valence-corrected chi connectivity index (χ0v) is 8.01. The highest BCUT2D eigenvalue weighted by atomic mass is 16.3. The van der Waals surface area contributed by atoms with Crippen LogP contribution in [0, 0.1) is 6.92 Å². The number of nitrogens with zero attached hydrogens (tertiary/aromatic N) is 2. The van der Waals surface area contributed by atoms with Gasteiger partial charge in [0.1, 0.15) is 0 Å². The molecule has 0 aliphatic heterocycles. The van der Waals surface area contributed by atoms with Gasteiger partial charge in [-0.25, -0.2) is 4.52 Å². The van der Waals surface area contributed by atoms with E-state index < -0.39 is 0 Å². The van der Waals surface area contributed by atoms with Crippen molar-refractivity contribution in [1.82, 2.24) is 9.61 Å². The highest BCUT2D eigenvalue weighted by Crippen LogP contribution is 2.13. The van der Waals surface area contributed by atoms with Crippen LogP contribution < -0.4 is 5.73 Å². The molecule has 3 N–H and O–H groups in total. The van der Waals surface area contributed by atoms with Gasteiger partial charge in [-0.2, -0.15) is 5.10 Å². The van der Waals surface area contributed by atoms with Crippen molar-refractivity contribution in [3.8, 4) is 0 Å². The normalized spacial score (nSPS) is 13.4. The lowest BCUT2D eigenvalue weighted by molar-refractivity contribution is 0.268. The van der Waals surface area contributed by atoms with E-state index in [1.54, 1.807) is 4.52 Å². The maximum absolute atomic E-state index is 8.92. The maximum Gasteiger partial charge on any atom is 0.0667 e. The Balaban J connectivity index is 2.50. The second kappa shape index (κ2) is 3.40. The van der Waals surface area contributed by atoms with Crippen LogP contribution in [0.5, 0.6) is 0 Å². The Labute approximate surface area is 82.0 Å². The molecular weight excluding hydrogens is 178 g/mol. The van der Waals surface area contributed by atoms with Crippen molar-refractivity contribution in [2.75, 3.05) is 6.61 Å². The molecule has 0 spiro atoms. The standard InChI is InChI=1S/C10H13N3O/c1-7-4-9-5-8(10(11)6-14)2-3-13(9)12-7/h2-5,10,14H,6,11H2,1H3. The molecule has 4 nitrogen and oxygen atoms in total. The summed E-state index contributed by atoms with van der Waals surface area (Å²) in [5.41, 5.74) is 8.62. The molecule has 0 saturated heterocycles. The number of rotatable bonds is 2. The van der Waals surface area contributed by atoms with Crippen molar-refractivity contribution in [2.45, 2.75) is 13.0 Å². The molecule has 1 unspecified atom stereocenters. The van der Waals surface area contributed by atoms with E-state index in [0.717, 1.165) is 16.8 Å². The Hall–Kier alpha value is -1.39. The summed E-state index contributed by atoms with van der Waals surface area (Å²) in [5.74, 6) is 0. The first kappa shape index (κ1) is 9.18. The second-order valence-corrected chi connectivity index (χ2v) is 3.40. The lowest BCUT2D eigenvalue weighted by atomic mass is 10.1. The zero-order valence-electron chi connectivity index (χ0n) is 8.01. The van der Waals surface area contributed by atoms with E-state index in [2.05, 4.69) is 5.10 Å². The van der Waals surface area contributed by atoms with Crippen LogP contribution in [0.25, 0.3) is 5.52 Å². The first-order valence-electron chi connectivity index (χ1n) is 4.53. The van der Waals surface area contributed by atoms with E-state index >= 15 is 0 Å². The third kappa shape index (κ3) is 1.49. The van der Waals surface area contributed by atoms with Crippen LogP contribution in [0.15, 0.2) is 24.4 Å². The van der Waals surface area contributed by atoms with Crippen LogP contribution in [0.1, 0.15) is 17.3 Å². The third-order valence-corrected chi connectivity index (χ3v) is 2.23. The summed E-state index contributed by atoms with van der Waals surface area (Å²) in [7, 11) is 0. The molecule has 2 aromatic rings. The van der Waals surface area contributed by atoms with E-state index in [9.17, 15) is 0 Å². The van der Waals surface area contributed by atoms with Gasteiger partial charge >= 0.3 is 0 Å². The molecule has 14 heavy (non-hydrogen) atoms. The molecule has 2 aromatic heterocycles. The summed E-state index contributed by atoms with van der Waals surface area (Å²) in [6.07, 6.45) is 1.85. The van der Waals surface area contributed by atoms with E-state index in [4.69, 9.17) is 10.8 Å². The number of aliphatic hydroxyl groups is 1. The molecule has 4 heteroatoms. The van der Waals surface area contributed by atoms with Gasteiger partial charge in [-0.15, -0.1) is 0 Å². The first-order chi connectivity index (χ1) is 6.70. The SMILES string of the molecule is Cc1cc2cc(C(N)CO)ccn2n1. The van der Waals surface area contributed by atoms with Gasteiger partial charge < -0.3 is 10.8 Å². The number of aliphatic hydroxyl groups excluding tert-OH is 1. The molecule has 0 saturated carbocycles.